The standard InChI is InChI=1S/C12H20N2O3S2/c1-13-6-3-10(4-7-13)14(2)19(16,17)12-5-8-18-11(12)9-15/h5,8,10,15H,3-4,6-7,9H2,1-2H3. The van der Waals surface area contributed by atoms with Crippen LogP contribution >= 0.6 is 11.3 Å². The van der Waals surface area contributed by atoms with Gasteiger partial charge in [-0.05, 0) is 44.4 Å². The van der Waals surface area contributed by atoms with Gasteiger partial charge in [-0.1, -0.05) is 0 Å². The minimum Gasteiger partial charge on any atom is -0.391 e. The number of sulfonamides is 1. The number of nitrogens with zero attached hydrogens (tertiary/aromatic N) is 2. The van der Waals surface area contributed by atoms with Gasteiger partial charge < -0.3 is 10.0 Å². The second-order valence-corrected chi connectivity index (χ2v) is 7.89. The van der Waals surface area contributed by atoms with Crippen LogP contribution < -0.4 is 0 Å². The Bertz CT molecular complexity index is 519. The second-order valence-electron chi connectivity index (χ2n) is 4.92. The van der Waals surface area contributed by atoms with Gasteiger partial charge in [-0.3, -0.25) is 0 Å². The van der Waals surface area contributed by atoms with Gasteiger partial charge in [0, 0.05) is 18.0 Å². The number of hydrogen-bond acceptors (Lipinski definition) is 5. The third-order valence-corrected chi connectivity index (χ3v) is 6.74. The fourth-order valence-electron chi connectivity index (χ4n) is 2.38. The van der Waals surface area contributed by atoms with E-state index >= 15 is 0 Å². The molecule has 0 spiro atoms. The molecule has 1 aromatic rings. The molecule has 108 valence electrons. The van der Waals surface area contributed by atoms with Gasteiger partial charge in [-0.15, -0.1) is 11.3 Å². The van der Waals surface area contributed by atoms with Crippen LogP contribution in [0.4, 0.5) is 0 Å². The van der Waals surface area contributed by atoms with E-state index in [2.05, 4.69) is 4.90 Å². The Morgan fingerprint density at radius 3 is 2.68 bits per heavy atom. The van der Waals surface area contributed by atoms with Crippen molar-refractivity contribution >= 4 is 21.4 Å². The summed E-state index contributed by atoms with van der Waals surface area (Å²) in [6, 6.07) is 1.63. The number of piperidine rings is 1. The summed E-state index contributed by atoms with van der Waals surface area (Å²) in [6.07, 6.45) is 1.70. The molecule has 0 unspecified atom stereocenters. The lowest BCUT2D eigenvalue weighted by Gasteiger charge is -2.34. The molecule has 1 aromatic heterocycles. The molecular formula is C12H20N2O3S2. The lowest BCUT2D eigenvalue weighted by atomic mass is 10.1. The van der Waals surface area contributed by atoms with Gasteiger partial charge in [0.1, 0.15) is 0 Å². The average Bonchev–Trinajstić information content (AvgIpc) is 2.87. The first kappa shape index (κ1) is 14.9. The number of thiophene rings is 1. The molecule has 0 atom stereocenters. The summed E-state index contributed by atoms with van der Waals surface area (Å²) in [4.78, 5) is 2.97. The van der Waals surface area contributed by atoms with Crippen LogP contribution in [-0.2, 0) is 16.6 Å². The van der Waals surface area contributed by atoms with Crippen LogP contribution in [0.2, 0.25) is 0 Å². The second kappa shape index (κ2) is 5.88. The Morgan fingerprint density at radius 2 is 2.11 bits per heavy atom. The van der Waals surface area contributed by atoms with Crippen LogP contribution in [-0.4, -0.2) is 56.0 Å². The van der Waals surface area contributed by atoms with Crippen molar-refractivity contribution in [2.24, 2.45) is 0 Å². The molecule has 0 amide bonds. The fraction of sp³-hybridized carbons (Fsp3) is 0.667. The van der Waals surface area contributed by atoms with Crippen LogP contribution in [0.1, 0.15) is 17.7 Å². The summed E-state index contributed by atoms with van der Waals surface area (Å²) in [5.41, 5.74) is 0. The van der Waals surface area contributed by atoms with Gasteiger partial charge in [0.05, 0.1) is 11.5 Å². The van der Waals surface area contributed by atoms with Crippen molar-refractivity contribution in [2.45, 2.75) is 30.4 Å². The minimum atomic E-state index is -3.49. The third kappa shape index (κ3) is 3.00. The zero-order valence-electron chi connectivity index (χ0n) is 11.2. The minimum absolute atomic E-state index is 0.0487. The molecule has 1 N–H and O–H groups in total. The first-order chi connectivity index (χ1) is 8.96. The molecule has 7 heteroatoms. The normalized spacial score (nSPS) is 19.2. The van der Waals surface area contributed by atoms with Gasteiger partial charge >= 0.3 is 0 Å². The number of aliphatic hydroxyl groups is 1. The summed E-state index contributed by atoms with van der Waals surface area (Å²) in [5.74, 6) is 0. The van der Waals surface area contributed by atoms with Crippen molar-refractivity contribution in [3.8, 4) is 0 Å². The number of hydrogen-bond donors (Lipinski definition) is 1. The number of rotatable bonds is 4. The van der Waals surface area contributed by atoms with Crippen LogP contribution in [0.25, 0.3) is 0 Å². The number of likely N-dealkylation sites (tertiary alicyclic amines) is 1. The highest BCUT2D eigenvalue weighted by molar-refractivity contribution is 7.89. The van der Waals surface area contributed by atoms with Crippen molar-refractivity contribution < 1.29 is 13.5 Å². The van der Waals surface area contributed by atoms with Gasteiger partial charge in [0.25, 0.3) is 0 Å². The molecule has 5 nitrogen and oxygen atoms in total. The Labute approximate surface area is 118 Å². The molecule has 1 aliphatic rings. The van der Waals surface area contributed by atoms with Crippen molar-refractivity contribution in [3.05, 3.63) is 16.3 Å². The van der Waals surface area contributed by atoms with Crippen LogP contribution in [0.15, 0.2) is 16.3 Å². The van der Waals surface area contributed by atoms with Gasteiger partial charge in [0.2, 0.25) is 10.0 Å². The molecule has 0 radical (unpaired) electrons. The zero-order chi connectivity index (χ0) is 14.0. The quantitative estimate of drug-likeness (QED) is 0.900. The molecule has 2 heterocycles. The summed E-state index contributed by atoms with van der Waals surface area (Å²) >= 11 is 1.28. The Hall–Kier alpha value is -0.470. The predicted molar refractivity (Wildman–Crippen MR) is 75.7 cm³/mol. The van der Waals surface area contributed by atoms with Crippen molar-refractivity contribution in [2.75, 3.05) is 27.2 Å². The van der Waals surface area contributed by atoms with E-state index in [1.54, 1.807) is 18.5 Å². The van der Waals surface area contributed by atoms with E-state index in [-0.39, 0.29) is 17.5 Å². The van der Waals surface area contributed by atoms with Gasteiger partial charge in [-0.25, -0.2) is 8.42 Å². The smallest absolute Gasteiger partial charge is 0.244 e. The molecule has 1 fully saturated rings. The first-order valence-electron chi connectivity index (χ1n) is 6.30. The zero-order valence-corrected chi connectivity index (χ0v) is 12.9. The van der Waals surface area contributed by atoms with Crippen molar-refractivity contribution in [3.63, 3.8) is 0 Å². The molecule has 1 aliphatic heterocycles. The van der Waals surface area contributed by atoms with Crippen LogP contribution in [0.5, 0.6) is 0 Å². The average molecular weight is 304 g/mol. The first-order valence-corrected chi connectivity index (χ1v) is 8.62. The SMILES string of the molecule is CN1CCC(N(C)S(=O)(=O)c2ccsc2CO)CC1. The van der Waals surface area contributed by atoms with Crippen LogP contribution in [0, 0.1) is 0 Å². The molecule has 19 heavy (non-hydrogen) atoms. The highest BCUT2D eigenvalue weighted by Gasteiger charge is 2.31. The molecule has 2 rings (SSSR count). The Kier molecular flexibility index (Phi) is 4.62. The summed E-state index contributed by atoms with van der Waals surface area (Å²) in [6.45, 7) is 1.61. The Balaban J connectivity index is 2.20. The molecule has 0 aliphatic carbocycles. The predicted octanol–water partition coefficient (Wildman–Crippen LogP) is 0.955. The lowest BCUT2D eigenvalue weighted by Crippen LogP contribution is -2.44. The topological polar surface area (TPSA) is 60.9 Å². The molecule has 1 saturated heterocycles. The molecular weight excluding hydrogens is 284 g/mol. The summed E-state index contributed by atoms with van der Waals surface area (Å²) < 4.78 is 26.6. The van der Waals surface area contributed by atoms with E-state index in [4.69, 9.17) is 0 Å². The molecule has 0 bridgehead atoms. The largest absolute Gasteiger partial charge is 0.391 e. The van der Waals surface area contributed by atoms with E-state index in [0.717, 1.165) is 25.9 Å². The molecule has 0 aromatic carbocycles. The maximum atomic E-state index is 12.6. The maximum absolute atomic E-state index is 12.6. The van der Waals surface area contributed by atoms with E-state index in [1.807, 2.05) is 7.05 Å². The van der Waals surface area contributed by atoms with E-state index in [0.29, 0.717) is 4.88 Å². The van der Waals surface area contributed by atoms with Crippen LogP contribution in [0.3, 0.4) is 0 Å². The van der Waals surface area contributed by atoms with E-state index < -0.39 is 10.0 Å². The summed E-state index contributed by atoms with van der Waals surface area (Å²) in [7, 11) is 0.202. The third-order valence-electron chi connectivity index (χ3n) is 3.71. The van der Waals surface area contributed by atoms with Crippen molar-refractivity contribution in [1.82, 2.24) is 9.21 Å². The Morgan fingerprint density at radius 1 is 1.47 bits per heavy atom. The van der Waals surface area contributed by atoms with E-state index in [1.165, 1.54) is 15.6 Å². The van der Waals surface area contributed by atoms with E-state index in [9.17, 15) is 13.5 Å². The molecule has 0 saturated carbocycles. The maximum Gasteiger partial charge on any atom is 0.244 e. The van der Waals surface area contributed by atoms with Crippen molar-refractivity contribution in [1.29, 1.82) is 0 Å². The highest BCUT2D eigenvalue weighted by atomic mass is 32.2. The fourth-order valence-corrected chi connectivity index (χ4v) is 5.06. The highest BCUT2D eigenvalue weighted by Crippen LogP contribution is 2.27. The number of aliphatic hydroxyl groups excluding tert-OH is 1. The summed E-state index contributed by atoms with van der Waals surface area (Å²) in [5, 5.41) is 10.9. The van der Waals surface area contributed by atoms with Gasteiger partial charge in [0.15, 0.2) is 0 Å². The monoisotopic (exact) mass is 304 g/mol. The lowest BCUT2D eigenvalue weighted by molar-refractivity contribution is 0.197. The van der Waals surface area contributed by atoms with Gasteiger partial charge in [-0.2, -0.15) is 4.31 Å².